The third-order valence-electron chi connectivity index (χ3n) is 2.47. The van der Waals surface area contributed by atoms with Crippen LogP contribution in [0.1, 0.15) is 13.3 Å². The molecule has 1 aromatic heterocycles. The predicted octanol–water partition coefficient (Wildman–Crippen LogP) is 1.93. The van der Waals surface area contributed by atoms with Crippen LogP contribution in [0.4, 0.5) is 5.82 Å². The van der Waals surface area contributed by atoms with Crippen molar-refractivity contribution in [1.29, 1.82) is 0 Å². The third-order valence-corrected chi connectivity index (χ3v) is 2.97. The minimum Gasteiger partial charge on any atom is -0.394 e. The van der Waals surface area contributed by atoms with Gasteiger partial charge in [-0.1, -0.05) is 30.1 Å². The van der Waals surface area contributed by atoms with Gasteiger partial charge in [0.15, 0.2) is 0 Å². The lowest BCUT2D eigenvalue weighted by Crippen LogP contribution is -2.45. The lowest BCUT2D eigenvalue weighted by Gasteiger charge is -2.30. The molecule has 16 heavy (non-hydrogen) atoms. The first-order valence-corrected chi connectivity index (χ1v) is 5.63. The fourth-order valence-corrected chi connectivity index (χ4v) is 1.63. The molecule has 1 heterocycles. The van der Waals surface area contributed by atoms with Crippen molar-refractivity contribution in [3.05, 3.63) is 22.3 Å². The van der Waals surface area contributed by atoms with Crippen molar-refractivity contribution in [3.63, 3.8) is 0 Å². The number of aliphatic hydroxyl groups is 2. The lowest BCUT2D eigenvalue weighted by atomic mass is 9.98. The van der Waals surface area contributed by atoms with Crippen LogP contribution < -0.4 is 5.32 Å². The first kappa shape index (κ1) is 13.5. The maximum absolute atomic E-state index is 9.26. The van der Waals surface area contributed by atoms with Crippen molar-refractivity contribution in [2.75, 3.05) is 18.5 Å². The van der Waals surface area contributed by atoms with E-state index in [4.69, 9.17) is 23.2 Å². The molecule has 0 saturated heterocycles. The molecule has 0 radical (unpaired) electrons. The molecule has 0 amide bonds. The molecule has 6 heteroatoms. The minimum atomic E-state index is -0.815. The van der Waals surface area contributed by atoms with E-state index in [0.717, 1.165) is 0 Å². The molecule has 0 aliphatic heterocycles. The Labute approximate surface area is 104 Å². The smallest absolute Gasteiger partial charge is 0.145 e. The van der Waals surface area contributed by atoms with Crippen molar-refractivity contribution in [3.8, 4) is 0 Å². The number of pyridine rings is 1. The van der Waals surface area contributed by atoms with E-state index in [2.05, 4.69) is 10.3 Å². The summed E-state index contributed by atoms with van der Waals surface area (Å²) in [5.41, 5.74) is -0.815. The van der Waals surface area contributed by atoms with Crippen LogP contribution in [-0.4, -0.2) is 33.9 Å². The van der Waals surface area contributed by atoms with Gasteiger partial charge in [0.1, 0.15) is 5.82 Å². The molecule has 90 valence electrons. The van der Waals surface area contributed by atoms with Crippen LogP contribution in [0.2, 0.25) is 10.0 Å². The van der Waals surface area contributed by atoms with E-state index < -0.39 is 5.54 Å². The third kappa shape index (κ3) is 2.98. The molecule has 3 N–H and O–H groups in total. The second-order valence-electron chi connectivity index (χ2n) is 3.56. The molecule has 0 bridgehead atoms. The van der Waals surface area contributed by atoms with E-state index in [0.29, 0.717) is 22.3 Å². The van der Waals surface area contributed by atoms with Gasteiger partial charge in [-0.3, -0.25) is 0 Å². The van der Waals surface area contributed by atoms with Crippen LogP contribution >= 0.6 is 23.2 Å². The van der Waals surface area contributed by atoms with Gasteiger partial charge in [0.05, 0.1) is 28.8 Å². The standard InChI is InChI=1S/C10H14Cl2N2O2/c1-2-10(5-15,6-16)14-9-8(12)3-7(11)4-13-9/h3-4,15-16H,2,5-6H2,1H3,(H,13,14). The second kappa shape index (κ2) is 5.68. The first-order valence-electron chi connectivity index (χ1n) is 4.88. The summed E-state index contributed by atoms with van der Waals surface area (Å²) in [6.07, 6.45) is 1.99. The highest BCUT2D eigenvalue weighted by Gasteiger charge is 2.27. The summed E-state index contributed by atoms with van der Waals surface area (Å²) < 4.78 is 0. The molecule has 0 unspecified atom stereocenters. The van der Waals surface area contributed by atoms with E-state index in [1.807, 2.05) is 6.92 Å². The Kier molecular flexibility index (Phi) is 4.80. The number of aromatic nitrogens is 1. The van der Waals surface area contributed by atoms with Gasteiger partial charge >= 0.3 is 0 Å². The SMILES string of the molecule is CCC(CO)(CO)Nc1ncc(Cl)cc1Cl. The van der Waals surface area contributed by atoms with Gasteiger partial charge in [0.25, 0.3) is 0 Å². The highest BCUT2D eigenvalue weighted by molar-refractivity contribution is 6.35. The molecule has 0 fully saturated rings. The average Bonchev–Trinajstić information content (AvgIpc) is 2.29. The zero-order valence-electron chi connectivity index (χ0n) is 8.87. The Morgan fingerprint density at radius 3 is 2.44 bits per heavy atom. The van der Waals surface area contributed by atoms with Gasteiger partial charge in [-0.25, -0.2) is 4.98 Å². The molecule has 0 aliphatic rings. The molecule has 0 spiro atoms. The normalized spacial score (nSPS) is 11.6. The summed E-state index contributed by atoms with van der Waals surface area (Å²) in [6, 6.07) is 1.55. The maximum atomic E-state index is 9.26. The summed E-state index contributed by atoms with van der Waals surface area (Å²) in [5.74, 6) is 0.399. The van der Waals surface area contributed by atoms with E-state index >= 15 is 0 Å². The fourth-order valence-electron chi connectivity index (χ4n) is 1.20. The van der Waals surface area contributed by atoms with Gasteiger partial charge in [-0.15, -0.1) is 0 Å². The number of hydrogen-bond acceptors (Lipinski definition) is 4. The van der Waals surface area contributed by atoms with Crippen LogP contribution in [0, 0.1) is 0 Å². The number of anilines is 1. The zero-order chi connectivity index (χ0) is 12.2. The topological polar surface area (TPSA) is 65.4 Å². The molecular formula is C10H14Cl2N2O2. The van der Waals surface area contributed by atoms with Crippen LogP contribution in [0.15, 0.2) is 12.3 Å². The van der Waals surface area contributed by atoms with Crippen LogP contribution in [-0.2, 0) is 0 Å². The van der Waals surface area contributed by atoms with Crippen molar-refractivity contribution in [1.82, 2.24) is 4.98 Å². The van der Waals surface area contributed by atoms with Gasteiger partial charge < -0.3 is 15.5 Å². The number of rotatable bonds is 5. The Morgan fingerprint density at radius 1 is 1.38 bits per heavy atom. The summed E-state index contributed by atoms with van der Waals surface area (Å²) in [6.45, 7) is 1.44. The quantitative estimate of drug-likeness (QED) is 0.761. The average molecular weight is 265 g/mol. The Balaban J connectivity index is 2.93. The van der Waals surface area contributed by atoms with Gasteiger partial charge in [-0.05, 0) is 12.5 Å². The molecule has 1 rings (SSSR count). The molecule has 0 saturated carbocycles. The van der Waals surface area contributed by atoms with Crippen LogP contribution in [0.5, 0.6) is 0 Å². The van der Waals surface area contributed by atoms with E-state index in [9.17, 15) is 10.2 Å². The number of aliphatic hydroxyl groups excluding tert-OH is 2. The zero-order valence-corrected chi connectivity index (χ0v) is 10.4. The summed E-state index contributed by atoms with van der Waals surface area (Å²) in [7, 11) is 0. The van der Waals surface area contributed by atoms with Crippen molar-refractivity contribution >= 4 is 29.0 Å². The Morgan fingerprint density at radius 2 is 2.00 bits per heavy atom. The Hall–Kier alpha value is -0.550. The Bertz CT molecular complexity index is 348. The van der Waals surface area contributed by atoms with Gasteiger partial charge in [0, 0.05) is 6.20 Å². The van der Waals surface area contributed by atoms with E-state index in [1.165, 1.54) is 6.20 Å². The monoisotopic (exact) mass is 264 g/mol. The van der Waals surface area contributed by atoms with E-state index in [1.54, 1.807) is 6.07 Å². The highest BCUT2D eigenvalue weighted by Crippen LogP contribution is 2.26. The van der Waals surface area contributed by atoms with Gasteiger partial charge in [0.2, 0.25) is 0 Å². The molecule has 0 atom stereocenters. The largest absolute Gasteiger partial charge is 0.394 e. The van der Waals surface area contributed by atoms with Crippen molar-refractivity contribution in [2.24, 2.45) is 0 Å². The predicted molar refractivity (Wildman–Crippen MR) is 65.1 cm³/mol. The molecule has 0 aromatic carbocycles. The van der Waals surface area contributed by atoms with Crippen molar-refractivity contribution in [2.45, 2.75) is 18.9 Å². The summed E-state index contributed by atoms with van der Waals surface area (Å²) in [5, 5.41) is 22.3. The highest BCUT2D eigenvalue weighted by atomic mass is 35.5. The van der Waals surface area contributed by atoms with E-state index in [-0.39, 0.29) is 13.2 Å². The molecule has 1 aromatic rings. The molecular weight excluding hydrogens is 251 g/mol. The number of nitrogens with one attached hydrogen (secondary N) is 1. The lowest BCUT2D eigenvalue weighted by molar-refractivity contribution is 0.132. The maximum Gasteiger partial charge on any atom is 0.145 e. The van der Waals surface area contributed by atoms with Crippen molar-refractivity contribution < 1.29 is 10.2 Å². The molecule has 4 nitrogen and oxygen atoms in total. The second-order valence-corrected chi connectivity index (χ2v) is 4.40. The summed E-state index contributed by atoms with van der Waals surface area (Å²) in [4.78, 5) is 4.01. The summed E-state index contributed by atoms with van der Waals surface area (Å²) >= 11 is 11.7. The number of halogens is 2. The number of hydrogen-bond donors (Lipinski definition) is 3. The number of nitrogens with zero attached hydrogens (tertiary/aromatic N) is 1. The van der Waals surface area contributed by atoms with Crippen LogP contribution in [0.25, 0.3) is 0 Å². The van der Waals surface area contributed by atoms with Gasteiger partial charge in [-0.2, -0.15) is 0 Å². The van der Waals surface area contributed by atoms with Crippen LogP contribution in [0.3, 0.4) is 0 Å². The first-order chi connectivity index (χ1) is 7.56. The fraction of sp³-hybridized carbons (Fsp3) is 0.500. The molecule has 0 aliphatic carbocycles. The minimum absolute atomic E-state index is 0.208.